The standard InChI is InChI=1S/C23H22ClNO4S2/c1-3-11-25-22(26)21(31-23(25)30)15-16-9-10-19(20(14-16)27-4-2)29-13-12-28-18-8-6-5-7-17(18)24/h3,5-10,14-15H,1,4,11-13H2,2H3. The Morgan fingerprint density at radius 1 is 1.10 bits per heavy atom. The maximum Gasteiger partial charge on any atom is 0.266 e. The first-order chi connectivity index (χ1) is 15.0. The van der Waals surface area contributed by atoms with Crippen LogP contribution in [0.25, 0.3) is 6.08 Å². The molecular weight excluding hydrogens is 454 g/mol. The zero-order chi connectivity index (χ0) is 22.2. The molecule has 3 rings (SSSR count). The van der Waals surface area contributed by atoms with E-state index in [0.717, 1.165) is 5.56 Å². The molecule has 1 amide bonds. The van der Waals surface area contributed by atoms with Crippen LogP contribution in [-0.4, -0.2) is 41.5 Å². The molecule has 0 unspecified atom stereocenters. The number of nitrogens with zero attached hydrogens (tertiary/aromatic N) is 1. The number of carbonyl (C=O) groups excluding carboxylic acids is 1. The fraction of sp³-hybridized carbons (Fsp3) is 0.217. The Morgan fingerprint density at radius 3 is 2.55 bits per heavy atom. The molecule has 1 saturated heterocycles. The second kappa shape index (κ2) is 11.2. The van der Waals surface area contributed by atoms with Gasteiger partial charge in [-0.3, -0.25) is 9.69 Å². The number of thioether (sulfide) groups is 1. The first-order valence-corrected chi connectivity index (χ1v) is 11.3. The predicted octanol–water partition coefficient (Wildman–Crippen LogP) is 5.58. The van der Waals surface area contributed by atoms with Crippen LogP contribution in [0.1, 0.15) is 12.5 Å². The molecule has 162 valence electrons. The Balaban J connectivity index is 1.67. The summed E-state index contributed by atoms with van der Waals surface area (Å²) in [6.45, 7) is 7.11. The van der Waals surface area contributed by atoms with Crippen LogP contribution in [-0.2, 0) is 4.79 Å². The molecule has 1 fully saturated rings. The fourth-order valence-corrected chi connectivity index (χ4v) is 4.27. The van der Waals surface area contributed by atoms with E-state index in [1.807, 2.05) is 37.3 Å². The van der Waals surface area contributed by atoms with Crippen molar-refractivity contribution in [3.63, 3.8) is 0 Å². The van der Waals surface area contributed by atoms with Crippen molar-refractivity contribution >= 4 is 51.9 Å². The van der Waals surface area contributed by atoms with E-state index in [1.165, 1.54) is 16.7 Å². The summed E-state index contributed by atoms with van der Waals surface area (Å²) in [5.74, 6) is 1.68. The molecule has 1 aliphatic rings. The van der Waals surface area contributed by atoms with E-state index in [1.54, 1.807) is 24.3 Å². The van der Waals surface area contributed by atoms with Gasteiger partial charge in [0.05, 0.1) is 16.5 Å². The van der Waals surface area contributed by atoms with Gasteiger partial charge in [0.1, 0.15) is 23.3 Å². The molecule has 2 aromatic rings. The van der Waals surface area contributed by atoms with E-state index in [2.05, 4.69) is 6.58 Å². The smallest absolute Gasteiger partial charge is 0.266 e. The molecule has 0 bridgehead atoms. The van der Waals surface area contributed by atoms with Crippen LogP contribution in [0.5, 0.6) is 17.2 Å². The largest absolute Gasteiger partial charge is 0.490 e. The molecule has 31 heavy (non-hydrogen) atoms. The fourth-order valence-electron chi connectivity index (χ4n) is 2.80. The quantitative estimate of drug-likeness (QED) is 0.193. The first kappa shape index (κ1) is 23.2. The van der Waals surface area contributed by atoms with E-state index in [-0.39, 0.29) is 5.91 Å². The highest BCUT2D eigenvalue weighted by molar-refractivity contribution is 8.26. The molecule has 1 aliphatic heterocycles. The molecule has 2 aromatic carbocycles. The molecule has 8 heteroatoms. The van der Waals surface area contributed by atoms with Crippen molar-refractivity contribution in [3.8, 4) is 17.2 Å². The number of thiocarbonyl (C=S) groups is 1. The van der Waals surface area contributed by atoms with Gasteiger partial charge in [-0.2, -0.15) is 0 Å². The number of benzene rings is 2. The zero-order valence-corrected chi connectivity index (χ0v) is 19.4. The number of rotatable bonds is 10. The number of halogens is 1. The van der Waals surface area contributed by atoms with Crippen molar-refractivity contribution in [1.29, 1.82) is 0 Å². The van der Waals surface area contributed by atoms with Gasteiger partial charge < -0.3 is 14.2 Å². The van der Waals surface area contributed by atoms with Gasteiger partial charge >= 0.3 is 0 Å². The second-order valence-electron chi connectivity index (χ2n) is 6.35. The number of carbonyl (C=O) groups is 1. The van der Waals surface area contributed by atoms with Crippen LogP contribution in [0.15, 0.2) is 60.0 Å². The number of amides is 1. The Morgan fingerprint density at radius 2 is 1.84 bits per heavy atom. The summed E-state index contributed by atoms with van der Waals surface area (Å²) >= 11 is 12.6. The lowest BCUT2D eigenvalue weighted by Crippen LogP contribution is -2.27. The Bertz CT molecular complexity index is 1010. The summed E-state index contributed by atoms with van der Waals surface area (Å²) in [5.41, 5.74) is 0.822. The molecule has 0 saturated carbocycles. The molecule has 0 radical (unpaired) electrons. The Hall–Kier alpha value is -2.48. The van der Waals surface area contributed by atoms with E-state index >= 15 is 0 Å². The monoisotopic (exact) mass is 475 g/mol. The minimum Gasteiger partial charge on any atom is -0.490 e. The lowest BCUT2D eigenvalue weighted by molar-refractivity contribution is -0.121. The van der Waals surface area contributed by atoms with Gasteiger partial charge in [0.25, 0.3) is 5.91 Å². The maximum atomic E-state index is 12.5. The van der Waals surface area contributed by atoms with Crippen LogP contribution in [0.2, 0.25) is 5.02 Å². The highest BCUT2D eigenvalue weighted by Gasteiger charge is 2.31. The van der Waals surface area contributed by atoms with Gasteiger partial charge in [-0.05, 0) is 42.8 Å². The van der Waals surface area contributed by atoms with Gasteiger partial charge in [-0.15, -0.1) is 6.58 Å². The molecule has 1 heterocycles. The van der Waals surface area contributed by atoms with Gasteiger partial charge in [-0.1, -0.05) is 59.9 Å². The minimum atomic E-state index is -0.120. The molecule has 0 aliphatic carbocycles. The van der Waals surface area contributed by atoms with Crippen LogP contribution < -0.4 is 14.2 Å². The minimum absolute atomic E-state index is 0.120. The Kier molecular flexibility index (Phi) is 8.40. The van der Waals surface area contributed by atoms with Crippen molar-refractivity contribution < 1.29 is 19.0 Å². The van der Waals surface area contributed by atoms with Crippen LogP contribution >= 0.6 is 35.6 Å². The lowest BCUT2D eigenvalue weighted by atomic mass is 10.2. The summed E-state index contributed by atoms with van der Waals surface area (Å²) in [4.78, 5) is 14.6. The Labute approximate surface area is 196 Å². The van der Waals surface area contributed by atoms with Crippen molar-refractivity contribution in [1.82, 2.24) is 4.90 Å². The summed E-state index contributed by atoms with van der Waals surface area (Å²) < 4.78 is 17.7. The maximum absolute atomic E-state index is 12.5. The lowest BCUT2D eigenvalue weighted by Gasteiger charge is -2.13. The summed E-state index contributed by atoms with van der Waals surface area (Å²) in [6.07, 6.45) is 3.46. The third-order valence-corrected chi connectivity index (χ3v) is 5.88. The van der Waals surface area contributed by atoms with E-state index in [0.29, 0.717) is 57.9 Å². The van der Waals surface area contributed by atoms with Crippen LogP contribution in [0.3, 0.4) is 0 Å². The summed E-state index contributed by atoms with van der Waals surface area (Å²) in [5, 5.41) is 0.556. The third-order valence-electron chi connectivity index (χ3n) is 4.19. The van der Waals surface area contributed by atoms with Crippen molar-refractivity contribution in [2.75, 3.05) is 26.4 Å². The topological polar surface area (TPSA) is 48.0 Å². The molecular formula is C23H22ClNO4S2. The molecule has 0 atom stereocenters. The second-order valence-corrected chi connectivity index (χ2v) is 8.43. The first-order valence-electron chi connectivity index (χ1n) is 9.66. The average Bonchev–Trinajstić information content (AvgIpc) is 3.01. The number of hydrogen-bond acceptors (Lipinski definition) is 6. The zero-order valence-electron chi connectivity index (χ0n) is 17.0. The SMILES string of the molecule is C=CCN1C(=O)C(=Cc2ccc(OCCOc3ccccc3Cl)c(OCC)c2)SC1=S. The molecule has 0 spiro atoms. The summed E-state index contributed by atoms with van der Waals surface area (Å²) in [6, 6.07) is 12.8. The number of ether oxygens (including phenoxy) is 3. The van der Waals surface area contributed by atoms with Gasteiger partial charge in [-0.25, -0.2) is 0 Å². The highest BCUT2D eigenvalue weighted by atomic mass is 35.5. The van der Waals surface area contributed by atoms with Crippen molar-refractivity contribution in [2.45, 2.75) is 6.92 Å². The highest BCUT2D eigenvalue weighted by Crippen LogP contribution is 2.35. The third kappa shape index (κ3) is 6.03. The van der Waals surface area contributed by atoms with E-state index < -0.39 is 0 Å². The van der Waals surface area contributed by atoms with E-state index in [9.17, 15) is 4.79 Å². The summed E-state index contributed by atoms with van der Waals surface area (Å²) in [7, 11) is 0. The number of hydrogen-bond donors (Lipinski definition) is 0. The molecule has 0 aromatic heterocycles. The average molecular weight is 476 g/mol. The van der Waals surface area contributed by atoms with Gasteiger partial charge in [0.2, 0.25) is 0 Å². The van der Waals surface area contributed by atoms with Gasteiger partial charge in [0, 0.05) is 6.54 Å². The van der Waals surface area contributed by atoms with Crippen LogP contribution in [0, 0.1) is 0 Å². The van der Waals surface area contributed by atoms with Crippen LogP contribution in [0.4, 0.5) is 0 Å². The predicted molar refractivity (Wildman–Crippen MR) is 130 cm³/mol. The van der Waals surface area contributed by atoms with Crippen molar-refractivity contribution in [2.24, 2.45) is 0 Å². The van der Waals surface area contributed by atoms with Gasteiger partial charge in [0.15, 0.2) is 11.5 Å². The normalized spacial score (nSPS) is 14.8. The number of para-hydroxylation sites is 1. The molecule has 0 N–H and O–H groups in total. The van der Waals surface area contributed by atoms with Crippen molar-refractivity contribution in [3.05, 3.63) is 70.6 Å². The molecule has 5 nitrogen and oxygen atoms in total. The van der Waals surface area contributed by atoms with E-state index in [4.69, 9.17) is 38.0 Å².